The SMILES string of the molecule is COc1ccc(-c2nn(C(=O)c3ccc(Cl)cc3Cl)c3c2C(=O)c2ccccc2-3)cc1. The molecule has 5 rings (SSSR count). The summed E-state index contributed by atoms with van der Waals surface area (Å²) in [7, 11) is 1.58. The zero-order valence-corrected chi connectivity index (χ0v) is 17.7. The third-order valence-corrected chi connectivity index (χ3v) is 5.80. The zero-order valence-electron chi connectivity index (χ0n) is 16.2. The van der Waals surface area contributed by atoms with Crippen LogP contribution in [-0.2, 0) is 0 Å². The Hall–Kier alpha value is -3.41. The predicted molar refractivity (Wildman–Crippen MR) is 119 cm³/mol. The van der Waals surface area contributed by atoms with Gasteiger partial charge in [-0.1, -0.05) is 47.5 Å². The Labute approximate surface area is 187 Å². The molecular weight excluding hydrogens is 435 g/mol. The smallest absolute Gasteiger partial charge is 0.280 e. The van der Waals surface area contributed by atoms with Crippen molar-refractivity contribution in [2.45, 2.75) is 0 Å². The maximum Gasteiger partial charge on any atom is 0.280 e. The fraction of sp³-hybridized carbons (Fsp3) is 0.0417. The second kappa shape index (κ2) is 7.38. The summed E-state index contributed by atoms with van der Waals surface area (Å²) >= 11 is 12.3. The number of benzene rings is 3. The van der Waals surface area contributed by atoms with E-state index in [2.05, 4.69) is 5.10 Å². The van der Waals surface area contributed by atoms with Crippen molar-refractivity contribution in [2.24, 2.45) is 0 Å². The molecule has 5 nitrogen and oxygen atoms in total. The number of carbonyl (C=O) groups is 2. The molecule has 0 bridgehead atoms. The van der Waals surface area contributed by atoms with E-state index in [1.165, 1.54) is 10.7 Å². The van der Waals surface area contributed by atoms with E-state index in [0.29, 0.717) is 44.4 Å². The van der Waals surface area contributed by atoms with Crippen molar-refractivity contribution in [3.63, 3.8) is 0 Å². The van der Waals surface area contributed by atoms with Gasteiger partial charge >= 0.3 is 0 Å². The molecule has 1 heterocycles. The van der Waals surface area contributed by atoms with Gasteiger partial charge in [0.25, 0.3) is 5.91 Å². The van der Waals surface area contributed by atoms with Crippen LogP contribution in [0.15, 0.2) is 66.7 Å². The molecule has 1 aromatic heterocycles. The number of fused-ring (bicyclic) bond motifs is 3. The number of methoxy groups -OCH3 is 1. The third kappa shape index (κ3) is 3.05. The summed E-state index contributed by atoms with van der Waals surface area (Å²) < 4.78 is 6.48. The summed E-state index contributed by atoms with van der Waals surface area (Å²) in [6.07, 6.45) is 0. The predicted octanol–water partition coefficient (Wildman–Crippen LogP) is 5.77. The lowest BCUT2D eigenvalue weighted by Crippen LogP contribution is -2.15. The molecule has 0 spiro atoms. The fourth-order valence-electron chi connectivity index (χ4n) is 3.78. The van der Waals surface area contributed by atoms with Gasteiger partial charge in [-0.25, -0.2) is 0 Å². The number of ketones is 1. The molecule has 7 heteroatoms. The number of aromatic nitrogens is 2. The Bertz CT molecular complexity index is 1370. The first-order chi connectivity index (χ1) is 15.0. The summed E-state index contributed by atoms with van der Waals surface area (Å²) in [5.74, 6) is 0.0679. The van der Waals surface area contributed by atoms with Crippen molar-refractivity contribution in [3.05, 3.63) is 93.5 Å². The molecule has 0 atom stereocenters. The summed E-state index contributed by atoms with van der Waals surface area (Å²) in [5, 5.41) is 5.20. The first kappa shape index (κ1) is 19.5. The highest BCUT2D eigenvalue weighted by atomic mass is 35.5. The largest absolute Gasteiger partial charge is 0.497 e. The van der Waals surface area contributed by atoms with Gasteiger partial charge in [-0.3, -0.25) is 9.59 Å². The second-order valence-corrected chi connectivity index (χ2v) is 7.86. The van der Waals surface area contributed by atoms with E-state index in [0.717, 1.165) is 0 Å². The molecule has 1 aliphatic rings. The lowest BCUT2D eigenvalue weighted by Gasteiger charge is -2.08. The van der Waals surface area contributed by atoms with Crippen LogP contribution in [0.1, 0.15) is 26.3 Å². The molecule has 0 fully saturated rings. The van der Waals surface area contributed by atoms with Crippen LogP contribution in [0.25, 0.3) is 22.5 Å². The summed E-state index contributed by atoms with van der Waals surface area (Å²) in [6.45, 7) is 0. The highest BCUT2D eigenvalue weighted by Crippen LogP contribution is 2.42. The molecule has 0 saturated carbocycles. The second-order valence-electron chi connectivity index (χ2n) is 7.02. The van der Waals surface area contributed by atoms with E-state index >= 15 is 0 Å². The van der Waals surface area contributed by atoms with E-state index in [-0.39, 0.29) is 16.4 Å². The van der Waals surface area contributed by atoms with Crippen molar-refractivity contribution < 1.29 is 14.3 Å². The molecule has 3 aromatic carbocycles. The van der Waals surface area contributed by atoms with Crippen LogP contribution in [0.4, 0.5) is 0 Å². The number of ether oxygens (including phenoxy) is 1. The van der Waals surface area contributed by atoms with E-state index in [9.17, 15) is 9.59 Å². The molecule has 0 saturated heterocycles. The van der Waals surface area contributed by atoms with Crippen molar-refractivity contribution >= 4 is 34.9 Å². The van der Waals surface area contributed by atoms with Gasteiger partial charge in [0.15, 0.2) is 5.78 Å². The van der Waals surface area contributed by atoms with Gasteiger partial charge in [0.2, 0.25) is 0 Å². The molecule has 31 heavy (non-hydrogen) atoms. The van der Waals surface area contributed by atoms with E-state index < -0.39 is 5.91 Å². The minimum atomic E-state index is -0.442. The monoisotopic (exact) mass is 448 g/mol. The molecule has 0 aliphatic heterocycles. The number of halogens is 2. The molecule has 152 valence electrons. The van der Waals surface area contributed by atoms with Gasteiger partial charge in [-0.2, -0.15) is 9.78 Å². The summed E-state index contributed by atoms with van der Waals surface area (Å²) in [4.78, 5) is 26.7. The number of carbonyl (C=O) groups excluding carboxylic acids is 2. The Morgan fingerprint density at radius 1 is 0.968 bits per heavy atom. The molecule has 0 amide bonds. The average Bonchev–Trinajstić information content (AvgIpc) is 3.31. The molecule has 0 unspecified atom stereocenters. The van der Waals surface area contributed by atoms with Crippen LogP contribution >= 0.6 is 23.2 Å². The lowest BCUT2D eigenvalue weighted by molar-refractivity contribution is 0.0947. The molecule has 1 aliphatic carbocycles. The van der Waals surface area contributed by atoms with Gasteiger partial charge in [0.05, 0.1) is 29.0 Å². The van der Waals surface area contributed by atoms with Crippen LogP contribution in [0, 0.1) is 0 Å². The Kier molecular flexibility index (Phi) is 4.65. The minimum absolute atomic E-state index is 0.169. The first-order valence-corrected chi connectivity index (χ1v) is 10.2. The van der Waals surface area contributed by atoms with Gasteiger partial charge in [-0.05, 0) is 42.5 Å². The highest BCUT2D eigenvalue weighted by molar-refractivity contribution is 6.37. The van der Waals surface area contributed by atoms with E-state index in [1.807, 2.05) is 24.3 Å². The minimum Gasteiger partial charge on any atom is -0.497 e. The molecular formula is C24H14Cl2N2O3. The van der Waals surface area contributed by atoms with Gasteiger partial charge in [0.1, 0.15) is 11.4 Å². The van der Waals surface area contributed by atoms with Crippen LogP contribution in [0.5, 0.6) is 5.75 Å². The summed E-state index contributed by atoms with van der Waals surface area (Å²) in [6, 6.07) is 19.0. The van der Waals surface area contributed by atoms with Crippen LogP contribution in [0.2, 0.25) is 10.0 Å². The standard InChI is InChI=1S/C24H14Cl2N2O3/c1-31-15-9-6-13(7-10-15)21-20-22(16-4-2-3-5-17(16)23(20)29)28(27-21)24(30)18-11-8-14(25)12-19(18)26/h2-12H,1H3. The number of rotatable bonds is 3. The summed E-state index contributed by atoms with van der Waals surface area (Å²) in [5.41, 5.74) is 3.42. The number of hydrogen-bond donors (Lipinski definition) is 0. The van der Waals surface area contributed by atoms with Gasteiger partial charge < -0.3 is 4.74 Å². The third-order valence-electron chi connectivity index (χ3n) is 5.26. The normalized spacial score (nSPS) is 11.9. The van der Waals surface area contributed by atoms with Crippen LogP contribution in [-0.4, -0.2) is 28.6 Å². The Morgan fingerprint density at radius 2 is 1.68 bits per heavy atom. The van der Waals surface area contributed by atoms with Crippen molar-refractivity contribution in [2.75, 3.05) is 7.11 Å². The van der Waals surface area contributed by atoms with Crippen molar-refractivity contribution in [1.29, 1.82) is 0 Å². The lowest BCUT2D eigenvalue weighted by atomic mass is 10.0. The van der Waals surface area contributed by atoms with Gasteiger partial charge in [-0.15, -0.1) is 0 Å². The molecule has 4 aromatic rings. The maximum atomic E-state index is 13.4. The van der Waals surface area contributed by atoms with E-state index in [1.54, 1.807) is 43.5 Å². The topological polar surface area (TPSA) is 61.2 Å². The highest BCUT2D eigenvalue weighted by Gasteiger charge is 2.36. The van der Waals surface area contributed by atoms with Crippen molar-refractivity contribution in [1.82, 2.24) is 9.78 Å². The van der Waals surface area contributed by atoms with Crippen LogP contribution in [0.3, 0.4) is 0 Å². The number of hydrogen-bond acceptors (Lipinski definition) is 4. The first-order valence-electron chi connectivity index (χ1n) is 9.41. The number of nitrogens with zero attached hydrogens (tertiary/aromatic N) is 2. The van der Waals surface area contributed by atoms with Crippen molar-refractivity contribution in [3.8, 4) is 28.3 Å². The van der Waals surface area contributed by atoms with E-state index in [4.69, 9.17) is 27.9 Å². The van der Waals surface area contributed by atoms with Gasteiger partial charge in [0, 0.05) is 21.7 Å². The average molecular weight is 449 g/mol. The Balaban J connectivity index is 1.75. The van der Waals surface area contributed by atoms with Crippen LogP contribution < -0.4 is 4.74 Å². The molecule has 0 radical (unpaired) electrons. The molecule has 0 N–H and O–H groups in total. The zero-order chi connectivity index (χ0) is 21.7. The fourth-order valence-corrected chi connectivity index (χ4v) is 4.27. The Morgan fingerprint density at radius 3 is 2.35 bits per heavy atom. The maximum absolute atomic E-state index is 13.4. The quantitative estimate of drug-likeness (QED) is 0.351.